The third kappa shape index (κ3) is 3.43. The maximum Gasteiger partial charge on any atom is 0.0406 e. The summed E-state index contributed by atoms with van der Waals surface area (Å²) in [4.78, 5) is 0. The SMILES string of the molecule is Clc1ccc(C(NCc2ccccc2Br)C2CC2)cc1. The zero-order valence-corrected chi connectivity index (χ0v) is 13.5. The van der Waals surface area contributed by atoms with Crippen LogP contribution in [0, 0.1) is 5.92 Å². The summed E-state index contributed by atoms with van der Waals surface area (Å²) in [6, 6.07) is 17.0. The van der Waals surface area contributed by atoms with Crippen LogP contribution in [0.4, 0.5) is 0 Å². The molecule has 0 aromatic heterocycles. The van der Waals surface area contributed by atoms with Gasteiger partial charge in [0.1, 0.15) is 0 Å². The summed E-state index contributed by atoms with van der Waals surface area (Å²) in [5, 5.41) is 4.50. The highest BCUT2D eigenvalue weighted by Gasteiger charge is 2.31. The number of nitrogens with one attached hydrogen (secondary N) is 1. The van der Waals surface area contributed by atoms with E-state index in [-0.39, 0.29) is 0 Å². The molecule has 1 aliphatic carbocycles. The number of hydrogen-bond donors (Lipinski definition) is 1. The minimum absolute atomic E-state index is 0.430. The molecular formula is C17H17BrClN. The maximum absolute atomic E-state index is 5.98. The second-order valence-electron chi connectivity index (χ2n) is 5.34. The minimum atomic E-state index is 0.430. The molecule has 1 aliphatic rings. The molecule has 1 unspecified atom stereocenters. The molecule has 0 spiro atoms. The van der Waals surface area contributed by atoms with Crippen LogP contribution >= 0.6 is 27.5 Å². The van der Waals surface area contributed by atoms with E-state index in [1.807, 2.05) is 18.2 Å². The first-order valence-electron chi connectivity index (χ1n) is 6.96. The van der Waals surface area contributed by atoms with Gasteiger partial charge in [-0.05, 0) is 48.1 Å². The lowest BCUT2D eigenvalue weighted by Gasteiger charge is -2.19. The summed E-state index contributed by atoms with van der Waals surface area (Å²) in [6.07, 6.45) is 2.63. The summed E-state index contributed by atoms with van der Waals surface area (Å²) < 4.78 is 1.16. The molecule has 0 saturated heterocycles. The van der Waals surface area contributed by atoms with Crippen LogP contribution in [0.25, 0.3) is 0 Å². The highest BCUT2D eigenvalue weighted by atomic mass is 79.9. The Balaban J connectivity index is 1.72. The lowest BCUT2D eigenvalue weighted by molar-refractivity contribution is 0.480. The summed E-state index contributed by atoms with van der Waals surface area (Å²) in [6.45, 7) is 0.880. The Morgan fingerprint density at radius 2 is 1.80 bits per heavy atom. The fraction of sp³-hybridized carbons (Fsp3) is 0.294. The van der Waals surface area contributed by atoms with E-state index in [1.165, 1.54) is 24.0 Å². The van der Waals surface area contributed by atoms with Gasteiger partial charge >= 0.3 is 0 Å². The van der Waals surface area contributed by atoms with Crippen molar-refractivity contribution in [1.29, 1.82) is 0 Å². The monoisotopic (exact) mass is 349 g/mol. The molecule has 0 radical (unpaired) electrons. The molecule has 3 rings (SSSR count). The van der Waals surface area contributed by atoms with Crippen LogP contribution in [0.3, 0.4) is 0 Å². The van der Waals surface area contributed by atoms with Crippen molar-refractivity contribution in [2.24, 2.45) is 5.92 Å². The number of rotatable bonds is 5. The molecular weight excluding hydrogens is 334 g/mol. The molecule has 0 aliphatic heterocycles. The Kier molecular flexibility index (Phi) is 4.45. The largest absolute Gasteiger partial charge is 0.306 e. The lowest BCUT2D eigenvalue weighted by Crippen LogP contribution is -2.22. The van der Waals surface area contributed by atoms with Crippen molar-refractivity contribution in [3.05, 3.63) is 69.2 Å². The fourth-order valence-electron chi connectivity index (χ4n) is 2.52. The van der Waals surface area contributed by atoms with Gasteiger partial charge in [0.25, 0.3) is 0 Å². The topological polar surface area (TPSA) is 12.0 Å². The van der Waals surface area contributed by atoms with E-state index < -0.39 is 0 Å². The van der Waals surface area contributed by atoms with Gasteiger partial charge in [-0.3, -0.25) is 0 Å². The Morgan fingerprint density at radius 1 is 1.10 bits per heavy atom. The van der Waals surface area contributed by atoms with Gasteiger partial charge in [-0.1, -0.05) is 57.9 Å². The van der Waals surface area contributed by atoms with Gasteiger partial charge in [-0.15, -0.1) is 0 Å². The molecule has 1 nitrogen and oxygen atoms in total. The average molecular weight is 351 g/mol. The van der Waals surface area contributed by atoms with E-state index in [0.717, 1.165) is 22.0 Å². The summed E-state index contributed by atoms with van der Waals surface area (Å²) in [5.74, 6) is 0.763. The zero-order valence-electron chi connectivity index (χ0n) is 11.2. The fourth-order valence-corrected chi connectivity index (χ4v) is 3.07. The van der Waals surface area contributed by atoms with Gasteiger partial charge < -0.3 is 5.32 Å². The quantitative estimate of drug-likeness (QED) is 0.767. The lowest BCUT2D eigenvalue weighted by atomic mass is 10.0. The van der Waals surface area contributed by atoms with Crippen LogP contribution in [0.15, 0.2) is 53.0 Å². The number of benzene rings is 2. The molecule has 104 valence electrons. The standard InChI is InChI=1S/C17H17BrClN/c18-16-4-2-1-3-14(16)11-20-17(12-5-6-12)13-7-9-15(19)10-8-13/h1-4,7-10,12,17,20H,5-6,11H2. The molecule has 1 atom stereocenters. The summed E-state index contributed by atoms with van der Waals surface area (Å²) >= 11 is 9.59. The zero-order chi connectivity index (χ0) is 13.9. The van der Waals surface area contributed by atoms with Gasteiger partial charge in [-0.2, -0.15) is 0 Å². The summed E-state index contributed by atoms with van der Waals surface area (Å²) in [5.41, 5.74) is 2.64. The average Bonchev–Trinajstić information content (AvgIpc) is 3.27. The van der Waals surface area contributed by atoms with E-state index in [9.17, 15) is 0 Å². The van der Waals surface area contributed by atoms with Crippen LogP contribution in [0.5, 0.6) is 0 Å². The Hall–Kier alpha value is -0.830. The predicted molar refractivity (Wildman–Crippen MR) is 87.9 cm³/mol. The highest BCUT2D eigenvalue weighted by molar-refractivity contribution is 9.10. The molecule has 20 heavy (non-hydrogen) atoms. The second-order valence-corrected chi connectivity index (χ2v) is 6.63. The first kappa shape index (κ1) is 14.1. The number of hydrogen-bond acceptors (Lipinski definition) is 1. The number of halogens is 2. The van der Waals surface area contributed by atoms with E-state index in [4.69, 9.17) is 11.6 Å². The molecule has 1 saturated carbocycles. The Bertz CT molecular complexity index is 578. The van der Waals surface area contributed by atoms with Crippen LogP contribution in [-0.4, -0.2) is 0 Å². The third-order valence-corrected chi connectivity index (χ3v) is 4.82. The molecule has 0 heterocycles. The van der Waals surface area contributed by atoms with Gasteiger partial charge in [-0.25, -0.2) is 0 Å². The van der Waals surface area contributed by atoms with E-state index in [1.54, 1.807) is 0 Å². The first-order chi connectivity index (χ1) is 9.74. The van der Waals surface area contributed by atoms with Gasteiger partial charge in [0.05, 0.1) is 0 Å². The van der Waals surface area contributed by atoms with Gasteiger partial charge in [0.15, 0.2) is 0 Å². The molecule has 1 N–H and O–H groups in total. The van der Waals surface area contributed by atoms with Crippen molar-refractivity contribution >= 4 is 27.5 Å². The first-order valence-corrected chi connectivity index (χ1v) is 8.13. The van der Waals surface area contributed by atoms with Crippen molar-refractivity contribution in [2.45, 2.75) is 25.4 Å². The molecule has 1 fully saturated rings. The van der Waals surface area contributed by atoms with Gasteiger partial charge in [0.2, 0.25) is 0 Å². The van der Waals surface area contributed by atoms with Crippen molar-refractivity contribution in [3.63, 3.8) is 0 Å². The van der Waals surface area contributed by atoms with Crippen molar-refractivity contribution in [3.8, 4) is 0 Å². The minimum Gasteiger partial charge on any atom is -0.306 e. The molecule has 2 aromatic rings. The predicted octanol–water partition coefficient (Wildman–Crippen LogP) is 5.34. The van der Waals surface area contributed by atoms with E-state index in [2.05, 4.69) is 51.6 Å². The normalized spacial score (nSPS) is 16.1. The summed E-state index contributed by atoms with van der Waals surface area (Å²) in [7, 11) is 0. The molecule has 0 bridgehead atoms. The smallest absolute Gasteiger partial charge is 0.0406 e. The molecule has 3 heteroatoms. The van der Waals surface area contributed by atoms with Crippen LogP contribution in [0.2, 0.25) is 5.02 Å². The van der Waals surface area contributed by atoms with Gasteiger partial charge in [0, 0.05) is 22.1 Å². The van der Waals surface area contributed by atoms with Crippen LogP contribution in [0.1, 0.15) is 30.0 Å². The van der Waals surface area contributed by atoms with Crippen LogP contribution in [-0.2, 0) is 6.54 Å². The van der Waals surface area contributed by atoms with E-state index >= 15 is 0 Å². The molecule has 0 amide bonds. The maximum atomic E-state index is 5.98. The van der Waals surface area contributed by atoms with Crippen LogP contribution < -0.4 is 5.32 Å². The van der Waals surface area contributed by atoms with Crippen molar-refractivity contribution < 1.29 is 0 Å². The van der Waals surface area contributed by atoms with E-state index in [0.29, 0.717) is 6.04 Å². The highest BCUT2D eigenvalue weighted by Crippen LogP contribution is 2.41. The Labute approximate surface area is 133 Å². The second kappa shape index (κ2) is 6.30. The van der Waals surface area contributed by atoms with Crippen molar-refractivity contribution in [2.75, 3.05) is 0 Å². The Morgan fingerprint density at radius 3 is 2.45 bits per heavy atom. The molecule has 2 aromatic carbocycles. The van der Waals surface area contributed by atoms with Crippen molar-refractivity contribution in [1.82, 2.24) is 5.32 Å². The third-order valence-electron chi connectivity index (χ3n) is 3.79.